The third-order valence-electron chi connectivity index (χ3n) is 7.58. The van der Waals surface area contributed by atoms with Crippen LogP contribution < -0.4 is 10.5 Å². The van der Waals surface area contributed by atoms with E-state index in [0.717, 1.165) is 81.3 Å². The fourth-order valence-electron chi connectivity index (χ4n) is 5.24. The number of anilines is 1. The average molecular weight is 673 g/mol. The number of hydrogen-bond donors (Lipinski definition) is 2. The SMILES string of the molecule is O=C(C(=O)C(F)(F)F)C(F)(F)F.O=c1[nH]ccc2c3nc(N4CCC(=NOCCN5CCOCC5)CC4)[nH]c3c3ccc(F)cc3c12. The van der Waals surface area contributed by atoms with E-state index in [2.05, 4.69) is 24.9 Å². The number of hydrogen-bond acceptors (Lipinski definition) is 9. The lowest BCUT2D eigenvalue weighted by molar-refractivity contribution is -0.193. The Hall–Kier alpha value is -4.58. The summed E-state index contributed by atoms with van der Waals surface area (Å²) in [5, 5.41) is 6.88. The number of pyridine rings is 1. The maximum absolute atomic E-state index is 14.1. The summed E-state index contributed by atoms with van der Waals surface area (Å²) < 4.78 is 86.4. The summed E-state index contributed by atoms with van der Waals surface area (Å²) in [6.07, 6.45) is -8.35. The van der Waals surface area contributed by atoms with Gasteiger partial charge in [0, 0.05) is 67.9 Å². The molecule has 2 fully saturated rings. The van der Waals surface area contributed by atoms with E-state index in [-0.39, 0.29) is 11.4 Å². The van der Waals surface area contributed by atoms with Crippen molar-refractivity contribution in [2.75, 3.05) is 57.4 Å². The molecule has 252 valence electrons. The number of alkyl halides is 6. The zero-order valence-electron chi connectivity index (χ0n) is 24.4. The fraction of sp³-hybridized carbons (Fsp3) is 0.414. The Morgan fingerprint density at radius 1 is 0.936 bits per heavy atom. The number of nitrogens with zero attached hydrogens (tertiary/aromatic N) is 4. The lowest BCUT2D eigenvalue weighted by Crippen LogP contribution is -2.39. The van der Waals surface area contributed by atoms with Crippen LogP contribution in [-0.2, 0) is 19.2 Å². The van der Waals surface area contributed by atoms with Crippen LogP contribution in [0.25, 0.3) is 32.6 Å². The molecule has 0 aliphatic carbocycles. The second-order valence-corrected chi connectivity index (χ2v) is 10.7. The Kier molecular flexibility index (Phi) is 9.81. The number of fused-ring (bicyclic) bond motifs is 6. The van der Waals surface area contributed by atoms with Crippen molar-refractivity contribution in [3.05, 3.63) is 46.6 Å². The normalized spacial score (nSPS) is 16.3. The van der Waals surface area contributed by atoms with Gasteiger partial charge in [0.1, 0.15) is 12.4 Å². The molecule has 18 heteroatoms. The van der Waals surface area contributed by atoms with Crippen LogP contribution in [-0.4, -0.2) is 102 Å². The van der Waals surface area contributed by atoms with Gasteiger partial charge < -0.3 is 24.4 Å². The number of halogens is 7. The molecule has 6 rings (SSSR count). The van der Waals surface area contributed by atoms with Gasteiger partial charge in [0.15, 0.2) is 0 Å². The number of H-pyrrole nitrogens is 2. The number of rotatable bonds is 6. The summed E-state index contributed by atoms with van der Waals surface area (Å²) in [5.74, 6) is -6.45. The molecule has 0 unspecified atom stereocenters. The maximum Gasteiger partial charge on any atom is 0.458 e. The zero-order chi connectivity index (χ0) is 33.9. The molecular weight excluding hydrogens is 645 g/mol. The average Bonchev–Trinajstić information content (AvgIpc) is 3.48. The first kappa shape index (κ1) is 33.8. The summed E-state index contributed by atoms with van der Waals surface area (Å²) in [6.45, 7) is 6.42. The molecule has 0 amide bonds. The number of benzene rings is 2. The first-order chi connectivity index (χ1) is 22.2. The molecule has 0 radical (unpaired) electrons. The minimum atomic E-state index is -5.77. The van der Waals surface area contributed by atoms with Gasteiger partial charge >= 0.3 is 23.9 Å². The smallest absolute Gasteiger partial charge is 0.394 e. The molecule has 47 heavy (non-hydrogen) atoms. The molecule has 2 aliphatic heterocycles. The summed E-state index contributed by atoms with van der Waals surface area (Å²) in [6, 6.07) is 6.35. The van der Waals surface area contributed by atoms with Gasteiger partial charge in [0.05, 0.1) is 35.3 Å². The molecule has 2 aromatic heterocycles. The molecule has 0 atom stereocenters. The molecular formula is C29H27F7N6O5. The molecule has 0 saturated carbocycles. The first-order valence-electron chi connectivity index (χ1n) is 14.3. The molecule has 2 aromatic carbocycles. The third-order valence-corrected chi connectivity index (χ3v) is 7.58. The van der Waals surface area contributed by atoms with Crippen LogP contribution in [0.5, 0.6) is 0 Å². The third kappa shape index (κ3) is 7.70. The molecule has 4 heterocycles. The predicted octanol–water partition coefficient (Wildman–Crippen LogP) is 4.25. The first-order valence-corrected chi connectivity index (χ1v) is 14.3. The van der Waals surface area contributed by atoms with Crippen molar-refractivity contribution in [2.24, 2.45) is 5.16 Å². The minimum Gasteiger partial charge on any atom is -0.394 e. The standard InChI is InChI=1S/C25H27FN6O3.C4F6O2/c26-16-1-2-18-20(15-16)21-19(3-6-27-24(21)33)23-22(18)28-25(29-23)32-7-4-17(5-8-32)30-35-14-11-31-9-12-34-13-10-31;5-3(6,7)1(11)2(12)4(8,9)10/h1-3,6,15H,4-5,7-14H2,(H,27,33)(H,28,29);. The highest BCUT2D eigenvalue weighted by atomic mass is 19.4. The van der Waals surface area contributed by atoms with E-state index in [1.807, 2.05) is 6.07 Å². The van der Waals surface area contributed by atoms with Gasteiger partial charge in [-0.15, -0.1) is 0 Å². The molecule has 11 nitrogen and oxygen atoms in total. The number of imidazole rings is 1. The number of oxime groups is 1. The number of carbonyl (C=O) groups excluding carboxylic acids is 2. The Balaban J connectivity index is 0.000000310. The van der Waals surface area contributed by atoms with E-state index in [0.29, 0.717) is 28.3 Å². The van der Waals surface area contributed by atoms with Crippen molar-refractivity contribution in [3.63, 3.8) is 0 Å². The fourth-order valence-corrected chi connectivity index (χ4v) is 5.24. The van der Waals surface area contributed by atoms with Crippen LogP contribution in [0.1, 0.15) is 12.8 Å². The molecule has 2 aliphatic rings. The van der Waals surface area contributed by atoms with E-state index in [4.69, 9.17) is 14.6 Å². The number of piperidine rings is 1. The van der Waals surface area contributed by atoms with Crippen LogP contribution in [0.4, 0.5) is 36.7 Å². The van der Waals surface area contributed by atoms with Crippen LogP contribution in [0.3, 0.4) is 0 Å². The highest BCUT2D eigenvalue weighted by molar-refractivity contribution is 6.41. The highest BCUT2D eigenvalue weighted by Crippen LogP contribution is 2.34. The van der Waals surface area contributed by atoms with E-state index >= 15 is 0 Å². The second kappa shape index (κ2) is 13.6. The van der Waals surface area contributed by atoms with Gasteiger partial charge in [-0.05, 0) is 24.3 Å². The van der Waals surface area contributed by atoms with Crippen molar-refractivity contribution in [3.8, 4) is 0 Å². The summed E-state index contributed by atoms with van der Waals surface area (Å²) >= 11 is 0. The van der Waals surface area contributed by atoms with E-state index in [1.165, 1.54) is 12.1 Å². The number of morpholine rings is 1. The van der Waals surface area contributed by atoms with Crippen molar-refractivity contribution in [1.29, 1.82) is 0 Å². The Labute approximate surface area is 260 Å². The van der Waals surface area contributed by atoms with Gasteiger partial charge in [-0.2, -0.15) is 26.3 Å². The van der Waals surface area contributed by atoms with Crippen molar-refractivity contribution < 1.29 is 49.9 Å². The summed E-state index contributed by atoms with van der Waals surface area (Å²) in [4.78, 5) is 53.0. The lowest BCUT2D eigenvalue weighted by atomic mass is 10.0. The van der Waals surface area contributed by atoms with Crippen molar-refractivity contribution in [1.82, 2.24) is 19.9 Å². The number of aromatic amines is 2. The van der Waals surface area contributed by atoms with E-state index < -0.39 is 23.9 Å². The Bertz CT molecular complexity index is 1850. The lowest BCUT2D eigenvalue weighted by Gasteiger charge is -2.27. The number of nitrogens with one attached hydrogen (secondary N) is 2. The van der Waals surface area contributed by atoms with Crippen LogP contribution in [0.15, 0.2) is 40.4 Å². The Morgan fingerprint density at radius 3 is 2.23 bits per heavy atom. The molecule has 2 saturated heterocycles. The van der Waals surface area contributed by atoms with Crippen LogP contribution in [0.2, 0.25) is 0 Å². The van der Waals surface area contributed by atoms with Crippen molar-refractivity contribution >= 4 is 55.8 Å². The number of Topliss-reactive ketones (excluding diaryl/α,β-unsaturated/α-hetero) is 2. The number of ketones is 2. The molecule has 0 spiro atoms. The second-order valence-electron chi connectivity index (χ2n) is 10.7. The maximum atomic E-state index is 14.1. The van der Waals surface area contributed by atoms with E-state index in [9.17, 15) is 45.1 Å². The number of aromatic nitrogens is 3. The Morgan fingerprint density at radius 2 is 1.60 bits per heavy atom. The van der Waals surface area contributed by atoms with Gasteiger partial charge in [0.25, 0.3) is 5.56 Å². The molecule has 2 N–H and O–H groups in total. The van der Waals surface area contributed by atoms with Gasteiger partial charge in [0.2, 0.25) is 5.95 Å². The monoisotopic (exact) mass is 672 g/mol. The topological polar surface area (TPSA) is 133 Å². The van der Waals surface area contributed by atoms with Crippen LogP contribution >= 0.6 is 0 Å². The zero-order valence-corrected chi connectivity index (χ0v) is 24.4. The minimum absolute atomic E-state index is 0.253. The van der Waals surface area contributed by atoms with Crippen LogP contribution in [0, 0.1) is 5.82 Å². The number of carbonyl (C=O) groups is 2. The molecule has 0 bridgehead atoms. The highest BCUT2D eigenvalue weighted by Gasteiger charge is 2.54. The van der Waals surface area contributed by atoms with E-state index in [1.54, 1.807) is 12.3 Å². The largest absolute Gasteiger partial charge is 0.458 e. The van der Waals surface area contributed by atoms with Gasteiger partial charge in [-0.25, -0.2) is 9.37 Å². The number of ether oxygens (including phenoxy) is 1. The van der Waals surface area contributed by atoms with Gasteiger partial charge in [-0.3, -0.25) is 19.3 Å². The summed E-state index contributed by atoms with van der Waals surface area (Å²) in [7, 11) is 0. The van der Waals surface area contributed by atoms with Crippen molar-refractivity contribution in [2.45, 2.75) is 25.2 Å². The summed E-state index contributed by atoms with van der Waals surface area (Å²) in [5.41, 5.74) is 2.32. The van der Waals surface area contributed by atoms with Gasteiger partial charge in [-0.1, -0.05) is 5.16 Å². The predicted molar refractivity (Wildman–Crippen MR) is 156 cm³/mol. The molecule has 4 aromatic rings. The quantitative estimate of drug-likeness (QED) is 0.102.